The Kier molecular flexibility index (Phi) is 6.03. The van der Waals surface area contributed by atoms with Gasteiger partial charge in [0, 0.05) is 17.7 Å². The second-order valence-corrected chi connectivity index (χ2v) is 7.07. The summed E-state index contributed by atoms with van der Waals surface area (Å²) < 4.78 is 11.3. The van der Waals surface area contributed by atoms with Gasteiger partial charge >= 0.3 is 0 Å². The molecule has 0 atom stereocenters. The number of hydrogen-bond donors (Lipinski definition) is 1. The van der Waals surface area contributed by atoms with Crippen molar-refractivity contribution in [1.29, 1.82) is 0 Å². The molecule has 1 aliphatic rings. The molecule has 0 radical (unpaired) electrons. The number of methoxy groups -OCH3 is 1. The van der Waals surface area contributed by atoms with E-state index >= 15 is 0 Å². The lowest BCUT2D eigenvalue weighted by molar-refractivity contribution is -0.384. The van der Waals surface area contributed by atoms with Gasteiger partial charge in [0.1, 0.15) is 12.2 Å². The van der Waals surface area contributed by atoms with Crippen LogP contribution in [0.2, 0.25) is 0 Å². The molecule has 1 saturated heterocycles. The second-order valence-electron chi connectivity index (χ2n) is 7.07. The monoisotopic (exact) mass is 445 g/mol. The third-order valence-electron chi connectivity index (χ3n) is 4.94. The minimum atomic E-state index is -0.545. The van der Waals surface area contributed by atoms with Crippen LogP contribution in [0.15, 0.2) is 78.4 Å². The highest BCUT2D eigenvalue weighted by molar-refractivity contribution is 6.31. The first-order valence-electron chi connectivity index (χ1n) is 9.93. The Bertz CT molecular complexity index is 1260. The number of nitrogens with one attached hydrogen (secondary N) is 1. The van der Waals surface area contributed by atoms with E-state index in [-0.39, 0.29) is 17.9 Å². The Morgan fingerprint density at radius 2 is 1.79 bits per heavy atom. The van der Waals surface area contributed by atoms with Crippen molar-refractivity contribution in [2.75, 3.05) is 12.1 Å². The maximum Gasteiger partial charge on any atom is 0.282 e. The number of ether oxygens (including phenoxy) is 2. The van der Waals surface area contributed by atoms with Crippen LogP contribution >= 0.6 is 0 Å². The summed E-state index contributed by atoms with van der Waals surface area (Å²) in [6, 6.07) is 19.9. The van der Waals surface area contributed by atoms with Crippen molar-refractivity contribution in [3.05, 3.63) is 99.6 Å². The molecule has 2 amide bonds. The van der Waals surface area contributed by atoms with Crippen LogP contribution in [0.25, 0.3) is 6.08 Å². The molecule has 9 nitrogen and oxygen atoms in total. The van der Waals surface area contributed by atoms with E-state index in [9.17, 15) is 19.7 Å². The Labute approximate surface area is 189 Å². The third-order valence-corrected chi connectivity index (χ3v) is 4.94. The normalized spacial score (nSPS) is 14.3. The molecule has 0 aliphatic carbocycles. The minimum Gasteiger partial charge on any atom is -0.493 e. The molecule has 3 aromatic rings. The summed E-state index contributed by atoms with van der Waals surface area (Å²) in [6.07, 6.45) is 1.44. The topological polar surface area (TPSA) is 111 Å². The predicted octanol–water partition coefficient (Wildman–Crippen LogP) is 3.64. The number of non-ortho nitro benzene ring substituents is 1. The molecule has 0 bridgehead atoms. The van der Waals surface area contributed by atoms with Crippen LogP contribution in [0.5, 0.6) is 11.5 Å². The van der Waals surface area contributed by atoms with Gasteiger partial charge in [0.2, 0.25) is 0 Å². The van der Waals surface area contributed by atoms with Gasteiger partial charge in [0.05, 0.1) is 17.7 Å². The number of nitro groups is 1. The number of para-hydroxylation sites is 2. The van der Waals surface area contributed by atoms with Crippen molar-refractivity contribution in [3.63, 3.8) is 0 Å². The number of carbonyl (C=O) groups is 2. The molecule has 1 fully saturated rings. The first kappa shape index (κ1) is 21.6. The van der Waals surface area contributed by atoms with E-state index in [2.05, 4.69) is 5.43 Å². The van der Waals surface area contributed by atoms with Crippen LogP contribution in [0.1, 0.15) is 11.1 Å². The number of hydrogen-bond acceptors (Lipinski definition) is 6. The van der Waals surface area contributed by atoms with Gasteiger partial charge < -0.3 is 9.47 Å². The van der Waals surface area contributed by atoms with Crippen LogP contribution in [-0.2, 0) is 16.2 Å². The van der Waals surface area contributed by atoms with E-state index in [4.69, 9.17) is 9.47 Å². The largest absolute Gasteiger partial charge is 0.493 e. The molecule has 166 valence electrons. The van der Waals surface area contributed by atoms with Crippen LogP contribution in [0, 0.1) is 10.1 Å². The molecule has 9 heteroatoms. The average molecular weight is 445 g/mol. The maximum atomic E-state index is 12.9. The van der Waals surface area contributed by atoms with Crippen LogP contribution in [-0.4, -0.2) is 23.8 Å². The summed E-state index contributed by atoms with van der Waals surface area (Å²) in [7, 11) is 1.47. The molecular formula is C24H19N3O6. The van der Waals surface area contributed by atoms with Crippen LogP contribution in [0.3, 0.4) is 0 Å². The zero-order chi connectivity index (χ0) is 23.4. The highest BCUT2D eigenvalue weighted by Crippen LogP contribution is 2.34. The third kappa shape index (κ3) is 4.52. The summed E-state index contributed by atoms with van der Waals surface area (Å²) in [5.74, 6) is -0.353. The standard InChI is InChI=1S/C24H19N3O6/c1-32-21-12-6-8-17(22(21)33-15-16-7-5-11-19(13-16)27(30)31)14-20-23(28)25-26(24(20)29)18-9-3-2-4-10-18/h2-14H,15H2,1H3,(H,25,28)/b20-14-. The highest BCUT2D eigenvalue weighted by Gasteiger charge is 2.34. The van der Waals surface area contributed by atoms with Gasteiger partial charge in [0.25, 0.3) is 17.5 Å². The van der Waals surface area contributed by atoms with Gasteiger partial charge in [-0.25, -0.2) is 5.01 Å². The van der Waals surface area contributed by atoms with Gasteiger partial charge in [-0.2, -0.15) is 0 Å². The van der Waals surface area contributed by atoms with E-state index in [1.165, 1.54) is 30.3 Å². The number of hydrazine groups is 1. The van der Waals surface area contributed by atoms with Gasteiger partial charge in [-0.05, 0) is 29.8 Å². The zero-order valence-electron chi connectivity index (χ0n) is 17.6. The van der Waals surface area contributed by atoms with Gasteiger partial charge in [-0.1, -0.05) is 42.5 Å². The molecule has 0 aromatic heterocycles. The van der Waals surface area contributed by atoms with E-state index in [0.717, 1.165) is 0 Å². The lowest BCUT2D eigenvalue weighted by atomic mass is 10.1. The molecule has 1 N–H and O–H groups in total. The molecule has 0 unspecified atom stereocenters. The number of amides is 2. The number of rotatable bonds is 7. The van der Waals surface area contributed by atoms with Crippen molar-refractivity contribution >= 4 is 29.3 Å². The minimum absolute atomic E-state index is 0.0223. The summed E-state index contributed by atoms with van der Waals surface area (Å²) >= 11 is 0. The summed E-state index contributed by atoms with van der Waals surface area (Å²) in [6.45, 7) is 0.0223. The van der Waals surface area contributed by atoms with Crippen LogP contribution in [0.4, 0.5) is 11.4 Å². The number of anilines is 1. The predicted molar refractivity (Wildman–Crippen MR) is 120 cm³/mol. The van der Waals surface area contributed by atoms with E-state index in [1.54, 1.807) is 54.6 Å². The Morgan fingerprint density at radius 1 is 1.03 bits per heavy atom. The number of nitro benzene ring substituents is 1. The Morgan fingerprint density at radius 3 is 2.52 bits per heavy atom. The first-order valence-corrected chi connectivity index (χ1v) is 9.93. The molecule has 3 aromatic carbocycles. The summed E-state index contributed by atoms with van der Waals surface area (Å²) in [5, 5.41) is 12.2. The van der Waals surface area contributed by atoms with Gasteiger partial charge in [-0.15, -0.1) is 0 Å². The molecule has 4 rings (SSSR count). The fraction of sp³-hybridized carbons (Fsp3) is 0.0833. The molecule has 0 saturated carbocycles. The average Bonchev–Trinajstić information content (AvgIpc) is 3.12. The first-order chi connectivity index (χ1) is 16.0. The SMILES string of the molecule is COc1cccc(/C=C2/C(=O)NN(c3ccccc3)C2=O)c1OCc1cccc([N+](=O)[O-])c1. The molecule has 1 heterocycles. The van der Waals surface area contributed by atoms with Gasteiger partial charge in [-0.3, -0.25) is 25.1 Å². The van der Waals surface area contributed by atoms with Crippen molar-refractivity contribution in [2.24, 2.45) is 0 Å². The van der Waals surface area contributed by atoms with E-state index in [0.29, 0.717) is 28.3 Å². The number of benzene rings is 3. The zero-order valence-corrected chi connectivity index (χ0v) is 17.6. The Hall–Kier alpha value is -4.66. The molecule has 0 spiro atoms. The maximum absolute atomic E-state index is 12.9. The quantitative estimate of drug-likeness (QED) is 0.257. The number of nitrogens with zero attached hydrogens (tertiary/aromatic N) is 2. The molecule has 33 heavy (non-hydrogen) atoms. The fourth-order valence-electron chi connectivity index (χ4n) is 3.35. The van der Waals surface area contributed by atoms with Crippen molar-refractivity contribution in [1.82, 2.24) is 5.43 Å². The lowest BCUT2D eigenvalue weighted by Gasteiger charge is -2.14. The fourth-order valence-corrected chi connectivity index (χ4v) is 3.35. The summed E-state index contributed by atoms with van der Waals surface area (Å²) in [5.41, 5.74) is 4.01. The highest BCUT2D eigenvalue weighted by atomic mass is 16.6. The smallest absolute Gasteiger partial charge is 0.282 e. The van der Waals surface area contributed by atoms with Crippen molar-refractivity contribution < 1.29 is 24.0 Å². The number of carbonyl (C=O) groups excluding carboxylic acids is 2. The second kappa shape index (κ2) is 9.23. The van der Waals surface area contributed by atoms with E-state index < -0.39 is 16.7 Å². The van der Waals surface area contributed by atoms with E-state index in [1.807, 2.05) is 6.07 Å². The van der Waals surface area contributed by atoms with Crippen LogP contribution < -0.4 is 19.9 Å². The molecular weight excluding hydrogens is 426 g/mol. The van der Waals surface area contributed by atoms with Gasteiger partial charge in [0.15, 0.2) is 11.5 Å². The van der Waals surface area contributed by atoms with Crippen molar-refractivity contribution in [2.45, 2.75) is 6.61 Å². The summed E-state index contributed by atoms with van der Waals surface area (Å²) in [4.78, 5) is 36.0. The Balaban J connectivity index is 1.64. The van der Waals surface area contributed by atoms with Crippen molar-refractivity contribution in [3.8, 4) is 11.5 Å². The lowest BCUT2D eigenvalue weighted by Crippen LogP contribution is -2.35. The molecule has 1 aliphatic heterocycles.